The Kier molecular flexibility index (Phi) is 8.58. The summed E-state index contributed by atoms with van der Waals surface area (Å²) in [5.41, 5.74) is 2.46. The molecule has 1 N–H and O–H groups in total. The molecule has 0 fully saturated rings. The molecule has 0 aliphatic rings. The van der Waals surface area contributed by atoms with Gasteiger partial charge in [-0.2, -0.15) is 18.2 Å². The smallest absolute Gasteiger partial charge is 0.416 e. The van der Waals surface area contributed by atoms with Gasteiger partial charge < -0.3 is 14.8 Å². The van der Waals surface area contributed by atoms with Crippen LogP contribution in [0.4, 0.5) is 18.9 Å². The molecule has 0 radical (unpaired) electrons. The van der Waals surface area contributed by atoms with Gasteiger partial charge in [0.15, 0.2) is 5.82 Å². The van der Waals surface area contributed by atoms with Crippen molar-refractivity contribution in [2.24, 2.45) is 0 Å². The molecule has 0 saturated heterocycles. The van der Waals surface area contributed by atoms with Gasteiger partial charge in [0, 0.05) is 23.4 Å². The number of halogens is 3. The highest BCUT2D eigenvalue weighted by Gasteiger charge is 2.30. The van der Waals surface area contributed by atoms with Gasteiger partial charge in [0.2, 0.25) is 0 Å². The predicted molar refractivity (Wildman–Crippen MR) is 147 cm³/mol. The number of anilines is 1. The molecule has 4 rings (SSSR count). The highest BCUT2D eigenvalue weighted by Crippen LogP contribution is 2.32. The zero-order chi connectivity index (χ0) is 28.9. The monoisotopic (exact) mass is 552 g/mol. The standard InChI is InChI=1S/C30H31F3N4O3/c1-5-39-18-19-40-28-35-26(20-6-12-23(13-7-20)30(31,32)33)37(36-28)25-16-14-24(15-17-25)34-27(38)21-8-10-22(11-9-21)29(2,3)4/h6-17H,5,18-19H2,1-4H3,(H,34,38). The number of benzene rings is 3. The third kappa shape index (κ3) is 7.06. The number of alkyl halides is 3. The van der Waals surface area contributed by atoms with Gasteiger partial charge in [0.05, 0.1) is 17.9 Å². The number of hydrogen-bond donors (Lipinski definition) is 1. The fraction of sp³-hybridized carbons (Fsp3) is 0.300. The number of amides is 1. The highest BCUT2D eigenvalue weighted by atomic mass is 19.4. The Bertz CT molecular complexity index is 1420. The molecule has 1 heterocycles. The zero-order valence-electron chi connectivity index (χ0n) is 22.7. The fourth-order valence-corrected chi connectivity index (χ4v) is 3.88. The van der Waals surface area contributed by atoms with Gasteiger partial charge in [-0.3, -0.25) is 4.79 Å². The third-order valence-electron chi connectivity index (χ3n) is 6.10. The quantitative estimate of drug-likeness (QED) is 0.228. The summed E-state index contributed by atoms with van der Waals surface area (Å²) in [7, 11) is 0. The number of nitrogens with one attached hydrogen (secondary N) is 1. The van der Waals surface area contributed by atoms with E-state index in [1.807, 2.05) is 19.1 Å². The summed E-state index contributed by atoms with van der Waals surface area (Å²) in [5, 5.41) is 7.29. The van der Waals surface area contributed by atoms with Crippen LogP contribution in [0.5, 0.6) is 6.01 Å². The minimum atomic E-state index is -4.45. The van der Waals surface area contributed by atoms with E-state index in [0.29, 0.717) is 41.5 Å². The van der Waals surface area contributed by atoms with Crippen LogP contribution in [0.2, 0.25) is 0 Å². The van der Waals surface area contributed by atoms with Crippen molar-refractivity contribution in [2.45, 2.75) is 39.3 Å². The van der Waals surface area contributed by atoms with Crippen molar-refractivity contribution >= 4 is 11.6 Å². The van der Waals surface area contributed by atoms with E-state index in [-0.39, 0.29) is 23.9 Å². The van der Waals surface area contributed by atoms with Crippen LogP contribution in [0.15, 0.2) is 72.8 Å². The van der Waals surface area contributed by atoms with Crippen LogP contribution in [-0.2, 0) is 16.3 Å². The average molecular weight is 553 g/mol. The Morgan fingerprint density at radius 3 is 2.08 bits per heavy atom. The van der Waals surface area contributed by atoms with Crippen LogP contribution in [0.3, 0.4) is 0 Å². The van der Waals surface area contributed by atoms with Crippen molar-refractivity contribution < 1.29 is 27.4 Å². The average Bonchev–Trinajstić information content (AvgIpc) is 3.35. The maximum Gasteiger partial charge on any atom is 0.416 e. The van der Waals surface area contributed by atoms with E-state index in [9.17, 15) is 18.0 Å². The Morgan fingerprint density at radius 2 is 1.50 bits per heavy atom. The maximum atomic E-state index is 13.1. The first-order chi connectivity index (χ1) is 19.0. The maximum absolute atomic E-state index is 13.1. The molecular formula is C30H31F3N4O3. The molecule has 0 saturated carbocycles. The third-order valence-corrected chi connectivity index (χ3v) is 6.10. The molecule has 0 aliphatic carbocycles. The lowest BCUT2D eigenvalue weighted by atomic mass is 9.87. The van der Waals surface area contributed by atoms with Crippen molar-refractivity contribution in [3.63, 3.8) is 0 Å². The van der Waals surface area contributed by atoms with Gasteiger partial charge in [-0.25, -0.2) is 4.68 Å². The second-order valence-corrected chi connectivity index (χ2v) is 10.1. The van der Waals surface area contributed by atoms with Crippen LogP contribution >= 0.6 is 0 Å². The number of hydrogen-bond acceptors (Lipinski definition) is 5. The van der Waals surface area contributed by atoms with E-state index in [4.69, 9.17) is 9.47 Å². The molecule has 7 nitrogen and oxygen atoms in total. The van der Waals surface area contributed by atoms with Crippen molar-refractivity contribution in [2.75, 3.05) is 25.1 Å². The van der Waals surface area contributed by atoms with Gasteiger partial charge in [-0.15, -0.1) is 5.10 Å². The zero-order valence-corrected chi connectivity index (χ0v) is 22.7. The number of carbonyl (C=O) groups is 1. The predicted octanol–water partition coefficient (Wildman–Crippen LogP) is 6.92. The summed E-state index contributed by atoms with van der Waals surface area (Å²) in [6, 6.07) is 19.1. The molecule has 1 amide bonds. The SMILES string of the molecule is CCOCCOc1nc(-c2ccc(C(F)(F)F)cc2)n(-c2ccc(NC(=O)c3ccc(C(C)(C)C)cc3)cc2)n1. The second-order valence-electron chi connectivity index (χ2n) is 10.1. The fourth-order valence-electron chi connectivity index (χ4n) is 3.88. The number of carbonyl (C=O) groups excluding carboxylic acids is 1. The van der Waals surface area contributed by atoms with E-state index in [1.54, 1.807) is 36.4 Å². The van der Waals surface area contributed by atoms with E-state index in [2.05, 4.69) is 36.2 Å². The molecule has 0 aliphatic heterocycles. The highest BCUT2D eigenvalue weighted by molar-refractivity contribution is 6.04. The van der Waals surface area contributed by atoms with Gasteiger partial charge in [-0.05, 0) is 66.4 Å². The topological polar surface area (TPSA) is 78.3 Å². The van der Waals surface area contributed by atoms with Crippen molar-refractivity contribution in [3.05, 3.63) is 89.5 Å². The Labute approximate surface area is 231 Å². The van der Waals surface area contributed by atoms with Gasteiger partial charge in [-0.1, -0.05) is 45.0 Å². The molecule has 0 spiro atoms. The molecule has 0 bridgehead atoms. The van der Waals surface area contributed by atoms with Gasteiger partial charge in [0.25, 0.3) is 5.91 Å². The molecular weight excluding hydrogens is 521 g/mol. The summed E-state index contributed by atoms with van der Waals surface area (Å²) in [5.74, 6) is 0.0558. The Morgan fingerprint density at radius 1 is 0.875 bits per heavy atom. The lowest BCUT2D eigenvalue weighted by molar-refractivity contribution is -0.137. The largest absolute Gasteiger partial charge is 0.460 e. The first-order valence-corrected chi connectivity index (χ1v) is 12.8. The van der Waals surface area contributed by atoms with Crippen LogP contribution < -0.4 is 10.1 Å². The summed E-state index contributed by atoms with van der Waals surface area (Å²) in [6.45, 7) is 9.28. The number of nitrogens with zero attached hydrogens (tertiary/aromatic N) is 3. The van der Waals surface area contributed by atoms with Crippen LogP contribution in [0.1, 0.15) is 49.2 Å². The lowest BCUT2D eigenvalue weighted by Gasteiger charge is -2.19. The lowest BCUT2D eigenvalue weighted by Crippen LogP contribution is -2.14. The van der Waals surface area contributed by atoms with E-state index >= 15 is 0 Å². The first-order valence-electron chi connectivity index (χ1n) is 12.8. The molecule has 0 atom stereocenters. The minimum Gasteiger partial charge on any atom is -0.460 e. The van der Waals surface area contributed by atoms with E-state index in [1.165, 1.54) is 16.8 Å². The Balaban J connectivity index is 1.56. The van der Waals surface area contributed by atoms with Crippen molar-refractivity contribution in [3.8, 4) is 23.1 Å². The number of aromatic nitrogens is 3. The van der Waals surface area contributed by atoms with E-state index < -0.39 is 11.7 Å². The van der Waals surface area contributed by atoms with Crippen molar-refractivity contribution in [1.29, 1.82) is 0 Å². The van der Waals surface area contributed by atoms with Gasteiger partial charge >= 0.3 is 12.2 Å². The number of rotatable bonds is 9. The molecule has 10 heteroatoms. The second kappa shape index (κ2) is 11.9. The summed E-state index contributed by atoms with van der Waals surface area (Å²) in [4.78, 5) is 17.2. The molecule has 3 aromatic carbocycles. The van der Waals surface area contributed by atoms with Crippen molar-refractivity contribution in [1.82, 2.24) is 14.8 Å². The first kappa shape index (κ1) is 28.8. The molecule has 40 heavy (non-hydrogen) atoms. The number of ether oxygens (including phenoxy) is 2. The summed E-state index contributed by atoms with van der Waals surface area (Å²) in [6.07, 6.45) is -4.45. The molecule has 210 valence electrons. The molecule has 4 aromatic rings. The summed E-state index contributed by atoms with van der Waals surface area (Å²) >= 11 is 0. The normalized spacial score (nSPS) is 11.9. The summed E-state index contributed by atoms with van der Waals surface area (Å²) < 4.78 is 51.6. The molecule has 1 aromatic heterocycles. The minimum absolute atomic E-state index is 0.0143. The van der Waals surface area contributed by atoms with Crippen LogP contribution in [-0.4, -0.2) is 40.5 Å². The molecule has 0 unspecified atom stereocenters. The van der Waals surface area contributed by atoms with Crippen LogP contribution in [0.25, 0.3) is 17.1 Å². The van der Waals surface area contributed by atoms with Crippen LogP contribution in [0, 0.1) is 0 Å². The van der Waals surface area contributed by atoms with E-state index in [0.717, 1.165) is 17.7 Å². The Hall–Kier alpha value is -4.18. The van der Waals surface area contributed by atoms with Gasteiger partial charge in [0.1, 0.15) is 6.61 Å².